The van der Waals surface area contributed by atoms with Crippen LogP contribution in [-0.2, 0) is 5.60 Å². The number of halogens is 2. The van der Waals surface area contributed by atoms with Crippen molar-refractivity contribution in [2.75, 3.05) is 0 Å². The first-order chi connectivity index (χ1) is 5.82. The van der Waals surface area contributed by atoms with Crippen LogP contribution in [0.4, 0.5) is 8.78 Å². The van der Waals surface area contributed by atoms with Gasteiger partial charge in [0.25, 0.3) is 0 Å². The predicted molar refractivity (Wildman–Crippen MR) is 43.3 cm³/mol. The summed E-state index contributed by atoms with van der Waals surface area (Å²) >= 11 is 0. The minimum Gasteiger partial charge on any atom is -0.505 e. The molecule has 0 fully saturated rings. The van der Waals surface area contributed by atoms with E-state index in [2.05, 4.69) is 0 Å². The Kier molecular flexibility index (Phi) is 2.26. The first kappa shape index (κ1) is 9.92. The lowest BCUT2D eigenvalue weighted by atomic mass is 9.97. The Labute approximate surface area is 74.4 Å². The summed E-state index contributed by atoms with van der Waals surface area (Å²) in [5.74, 6) is -2.58. The molecule has 1 aromatic carbocycles. The molecule has 0 aliphatic heterocycles. The van der Waals surface area contributed by atoms with Crippen LogP contribution in [0.2, 0.25) is 0 Å². The standard InChI is InChI=1S/C9H10F2O2/c1-9(2,13)5-3-8(12)7(11)4-6(5)10/h3-4,12-13H,1-2H3. The summed E-state index contributed by atoms with van der Waals surface area (Å²) in [6, 6.07) is 1.42. The molecule has 0 bridgehead atoms. The molecule has 0 spiro atoms. The van der Waals surface area contributed by atoms with Crippen LogP contribution in [0.1, 0.15) is 19.4 Å². The fourth-order valence-corrected chi connectivity index (χ4v) is 1.01. The van der Waals surface area contributed by atoms with Crippen LogP contribution in [-0.4, -0.2) is 10.2 Å². The van der Waals surface area contributed by atoms with Crippen molar-refractivity contribution < 1.29 is 19.0 Å². The highest BCUT2D eigenvalue weighted by Crippen LogP contribution is 2.28. The second kappa shape index (κ2) is 2.96. The van der Waals surface area contributed by atoms with Gasteiger partial charge >= 0.3 is 0 Å². The van der Waals surface area contributed by atoms with Gasteiger partial charge in [0.1, 0.15) is 5.82 Å². The van der Waals surface area contributed by atoms with Crippen LogP contribution in [0, 0.1) is 11.6 Å². The molecule has 4 heteroatoms. The first-order valence-corrected chi connectivity index (χ1v) is 3.73. The molecule has 1 rings (SSSR count). The van der Waals surface area contributed by atoms with Crippen molar-refractivity contribution >= 4 is 0 Å². The molecule has 2 N–H and O–H groups in total. The van der Waals surface area contributed by atoms with E-state index in [1.54, 1.807) is 0 Å². The van der Waals surface area contributed by atoms with Crippen LogP contribution in [0.25, 0.3) is 0 Å². The highest BCUT2D eigenvalue weighted by Gasteiger charge is 2.22. The molecule has 0 saturated heterocycles. The number of hydrogen-bond donors (Lipinski definition) is 2. The molecule has 0 aliphatic rings. The zero-order chi connectivity index (χ0) is 10.2. The van der Waals surface area contributed by atoms with Gasteiger partial charge in [-0.3, -0.25) is 0 Å². The molecule has 0 radical (unpaired) electrons. The van der Waals surface area contributed by atoms with E-state index in [1.165, 1.54) is 13.8 Å². The molecular formula is C9H10F2O2. The number of phenolic OH excluding ortho intramolecular Hbond substituents is 1. The van der Waals surface area contributed by atoms with Crippen LogP contribution in [0.5, 0.6) is 5.75 Å². The highest BCUT2D eigenvalue weighted by molar-refractivity contribution is 5.33. The van der Waals surface area contributed by atoms with Crippen molar-refractivity contribution in [2.24, 2.45) is 0 Å². The summed E-state index contributed by atoms with van der Waals surface area (Å²) in [5.41, 5.74) is -1.57. The summed E-state index contributed by atoms with van der Waals surface area (Å²) in [7, 11) is 0. The summed E-state index contributed by atoms with van der Waals surface area (Å²) in [6.07, 6.45) is 0. The molecule has 0 atom stereocenters. The average Bonchev–Trinajstić information content (AvgIpc) is 1.94. The van der Waals surface area contributed by atoms with Gasteiger partial charge in [-0.2, -0.15) is 0 Å². The third kappa shape index (κ3) is 1.95. The Hall–Kier alpha value is -1.16. The normalized spacial score (nSPS) is 11.8. The van der Waals surface area contributed by atoms with E-state index in [1.807, 2.05) is 0 Å². The van der Waals surface area contributed by atoms with Gasteiger partial charge in [-0.05, 0) is 19.9 Å². The van der Waals surface area contributed by atoms with Crippen molar-refractivity contribution in [3.8, 4) is 5.75 Å². The van der Waals surface area contributed by atoms with E-state index in [-0.39, 0.29) is 5.56 Å². The molecular weight excluding hydrogens is 178 g/mol. The molecule has 72 valence electrons. The lowest BCUT2D eigenvalue weighted by Gasteiger charge is -2.18. The van der Waals surface area contributed by atoms with Gasteiger partial charge in [-0.15, -0.1) is 0 Å². The number of phenols is 1. The Balaban J connectivity index is 3.32. The highest BCUT2D eigenvalue weighted by atomic mass is 19.1. The summed E-state index contributed by atoms with van der Waals surface area (Å²) in [5, 5.41) is 18.3. The van der Waals surface area contributed by atoms with Crippen LogP contribution in [0.15, 0.2) is 12.1 Å². The molecule has 0 heterocycles. The van der Waals surface area contributed by atoms with Gasteiger partial charge in [0.15, 0.2) is 11.6 Å². The second-order valence-electron chi connectivity index (χ2n) is 3.34. The zero-order valence-electron chi connectivity index (χ0n) is 7.31. The van der Waals surface area contributed by atoms with Crippen molar-refractivity contribution in [3.05, 3.63) is 29.3 Å². The van der Waals surface area contributed by atoms with Gasteiger partial charge in [0, 0.05) is 11.6 Å². The van der Waals surface area contributed by atoms with E-state index in [0.29, 0.717) is 6.07 Å². The van der Waals surface area contributed by atoms with Crippen molar-refractivity contribution in [1.82, 2.24) is 0 Å². The number of aliphatic hydroxyl groups is 1. The third-order valence-electron chi connectivity index (χ3n) is 1.70. The van der Waals surface area contributed by atoms with E-state index in [4.69, 9.17) is 5.11 Å². The lowest BCUT2D eigenvalue weighted by Crippen LogP contribution is -2.17. The zero-order valence-corrected chi connectivity index (χ0v) is 7.31. The first-order valence-electron chi connectivity index (χ1n) is 3.73. The predicted octanol–water partition coefficient (Wildman–Crippen LogP) is 1.90. The van der Waals surface area contributed by atoms with Crippen LogP contribution >= 0.6 is 0 Å². The maximum atomic E-state index is 13.0. The summed E-state index contributed by atoms with van der Waals surface area (Å²) in [4.78, 5) is 0. The fourth-order valence-electron chi connectivity index (χ4n) is 1.01. The summed E-state index contributed by atoms with van der Waals surface area (Å²) < 4.78 is 25.6. The SMILES string of the molecule is CC(C)(O)c1cc(O)c(F)cc1F. The van der Waals surface area contributed by atoms with Crippen molar-refractivity contribution in [1.29, 1.82) is 0 Å². The van der Waals surface area contributed by atoms with E-state index >= 15 is 0 Å². The Morgan fingerprint density at radius 1 is 1.15 bits per heavy atom. The molecule has 13 heavy (non-hydrogen) atoms. The number of benzene rings is 1. The summed E-state index contributed by atoms with van der Waals surface area (Å²) in [6.45, 7) is 2.70. The maximum Gasteiger partial charge on any atom is 0.167 e. The van der Waals surface area contributed by atoms with Crippen molar-refractivity contribution in [2.45, 2.75) is 19.4 Å². The minimum atomic E-state index is -1.44. The molecule has 0 amide bonds. The topological polar surface area (TPSA) is 40.5 Å². The van der Waals surface area contributed by atoms with Gasteiger partial charge < -0.3 is 10.2 Å². The molecule has 0 unspecified atom stereocenters. The van der Waals surface area contributed by atoms with E-state index in [9.17, 15) is 13.9 Å². The van der Waals surface area contributed by atoms with E-state index < -0.39 is 23.0 Å². The smallest absolute Gasteiger partial charge is 0.167 e. The quantitative estimate of drug-likeness (QED) is 0.706. The molecule has 0 aliphatic carbocycles. The van der Waals surface area contributed by atoms with Gasteiger partial charge in [0.2, 0.25) is 0 Å². The lowest BCUT2D eigenvalue weighted by molar-refractivity contribution is 0.0740. The van der Waals surface area contributed by atoms with Gasteiger partial charge in [-0.25, -0.2) is 8.78 Å². The second-order valence-corrected chi connectivity index (χ2v) is 3.34. The van der Waals surface area contributed by atoms with Crippen LogP contribution in [0.3, 0.4) is 0 Å². The fraction of sp³-hybridized carbons (Fsp3) is 0.333. The monoisotopic (exact) mass is 188 g/mol. The van der Waals surface area contributed by atoms with Gasteiger partial charge in [-0.1, -0.05) is 0 Å². The van der Waals surface area contributed by atoms with E-state index in [0.717, 1.165) is 6.07 Å². The Bertz CT molecular complexity index is 329. The third-order valence-corrected chi connectivity index (χ3v) is 1.70. The van der Waals surface area contributed by atoms with Crippen molar-refractivity contribution in [3.63, 3.8) is 0 Å². The largest absolute Gasteiger partial charge is 0.505 e. The van der Waals surface area contributed by atoms with Crippen LogP contribution < -0.4 is 0 Å². The Morgan fingerprint density at radius 3 is 2.15 bits per heavy atom. The molecule has 0 aromatic heterocycles. The number of hydrogen-bond acceptors (Lipinski definition) is 2. The maximum absolute atomic E-state index is 13.0. The molecule has 2 nitrogen and oxygen atoms in total. The Morgan fingerprint density at radius 2 is 1.69 bits per heavy atom. The van der Waals surface area contributed by atoms with Gasteiger partial charge in [0.05, 0.1) is 5.60 Å². The molecule has 0 saturated carbocycles. The minimum absolute atomic E-state index is 0.133. The number of rotatable bonds is 1. The molecule has 1 aromatic rings. The number of aromatic hydroxyl groups is 1. The average molecular weight is 188 g/mol.